The van der Waals surface area contributed by atoms with Gasteiger partial charge in [-0.15, -0.1) is 11.3 Å². The van der Waals surface area contributed by atoms with E-state index in [-0.39, 0.29) is 8.68 Å². The summed E-state index contributed by atoms with van der Waals surface area (Å²) in [4.78, 5) is 4.91. The second-order valence-corrected chi connectivity index (χ2v) is 8.24. The molecule has 0 unspecified atom stereocenters. The molecule has 2 heterocycles. The van der Waals surface area contributed by atoms with E-state index in [1.165, 1.54) is 11.3 Å². The van der Waals surface area contributed by atoms with Crippen LogP contribution >= 0.6 is 34.3 Å². The van der Waals surface area contributed by atoms with E-state index < -0.39 is 10.0 Å². The second-order valence-electron chi connectivity index (χ2n) is 3.69. The van der Waals surface area contributed by atoms with Crippen molar-refractivity contribution >= 4 is 44.3 Å². The van der Waals surface area contributed by atoms with Crippen LogP contribution in [0.4, 0.5) is 0 Å². The molecular weight excluding hydrogens is 312 g/mol. The zero-order chi connectivity index (χ0) is 13.3. The van der Waals surface area contributed by atoms with Crippen molar-refractivity contribution in [2.75, 3.05) is 0 Å². The zero-order valence-corrected chi connectivity index (χ0v) is 12.9. The van der Waals surface area contributed by atoms with Gasteiger partial charge in [0.15, 0.2) is 8.68 Å². The molecule has 0 saturated heterocycles. The Labute approximate surface area is 119 Å². The van der Waals surface area contributed by atoms with Crippen molar-refractivity contribution in [3.05, 3.63) is 32.0 Å². The van der Waals surface area contributed by atoms with Crippen molar-refractivity contribution in [1.29, 1.82) is 0 Å². The highest BCUT2D eigenvalue weighted by Gasteiger charge is 2.21. The first kappa shape index (κ1) is 14.0. The van der Waals surface area contributed by atoms with Gasteiger partial charge < -0.3 is 0 Å². The number of thiophene rings is 1. The lowest BCUT2D eigenvalue weighted by Crippen LogP contribution is -2.22. The molecule has 0 aliphatic carbocycles. The number of aryl methyl sites for hydroxylation is 2. The summed E-state index contributed by atoms with van der Waals surface area (Å²) in [5.74, 6) is 0. The Bertz CT molecular complexity index is 660. The number of halogens is 1. The fourth-order valence-corrected chi connectivity index (χ4v) is 5.13. The van der Waals surface area contributed by atoms with Crippen molar-refractivity contribution in [2.24, 2.45) is 0 Å². The van der Waals surface area contributed by atoms with E-state index >= 15 is 0 Å². The predicted molar refractivity (Wildman–Crippen MR) is 74.9 cm³/mol. The Morgan fingerprint density at radius 3 is 2.67 bits per heavy atom. The average Bonchev–Trinajstić information content (AvgIpc) is 2.82. The van der Waals surface area contributed by atoms with Crippen molar-refractivity contribution in [3.63, 3.8) is 0 Å². The monoisotopic (exact) mass is 322 g/mol. The van der Waals surface area contributed by atoms with Gasteiger partial charge in [-0.05, 0) is 30.9 Å². The Kier molecular flexibility index (Phi) is 4.08. The molecule has 0 radical (unpaired) electrons. The van der Waals surface area contributed by atoms with Crippen LogP contribution in [0.1, 0.15) is 16.1 Å². The lowest BCUT2D eigenvalue weighted by Gasteiger charge is -2.04. The van der Waals surface area contributed by atoms with Gasteiger partial charge in [0.1, 0.15) is 0 Å². The summed E-state index contributed by atoms with van der Waals surface area (Å²) in [6.45, 7) is 3.88. The first-order valence-corrected chi connectivity index (χ1v) is 8.61. The number of nitrogens with zero attached hydrogens (tertiary/aromatic N) is 1. The van der Waals surface area contributed by atoms with E-state index in [1.54, 1.807) is 6.92 Å². The van der Waals surface area contributed by atoms with E-state index in [1.807, 2.05) is 18.4 Å². The van der Waals surface area contributed by atoms with E-state index in [4.69, 9.17) is 11.6 Å². The van der Waals surface area contributed by atoms with Crippen LogP contribution in [-0.2, 0) is 16.6 Å². The standard InChI is InChI=1S/C10H11ClN2O2S3/c1-6-3-4-16-8(6)5-12-18(14,15)9-7(2)13-10(11)17-9/h3-4,12H,5H2,1-2H3. The smallest absolute Gasteiger partial charge is 0.229 e. The highest BCUT2D eigenvalue weighted by atomic mass is 35.5. The summed E-state index contributed by atoms with van der Waals surface area (Å²) in [5, 5.41) is 1.94. The molecule has 2 aromatic heterocycles. The van der Waals surface area contributed by atoms with Crippen LogP contribution in [0.5, 0.6) is 0 Å². The lowest BCUT2D eigenvalue weighted by atomic mass is 10.3. The summed E-state index contributed by atoms with van der Waals surface area (Å²) in [6, 6.07) is 1.96. The van der Waals surface area contributed by atoms with E-state index in [0.29, 0.717) is 12.2 Å². The number of aromatic nitrogens is 1. The molecule has 98 valence electrons. The number of rotatable bonds is 4. The molecule has 0 spiro atoms. The van der Waals surface area contributed by atoms with Crippen LogP contribution in [0.3, 0.4) is 0 Å². The van der Waals surface area contributed by atoms with Gasteiger partial charge in [0, 0.05) is 11.4 Å². The number of hydrogen-bond acceptors (Lipinski definition) is 5. The molecule has 4 nitrogen and oxygen atoms in total. The van der Waals surface area contributed by atoms with Gasteiger partial charge in [-0.1, -0.05) is 22.9 Å². The minimum Gasteiger partial charge on any atom is -0.229 e. The molecule has 18 heavy (non-hydrogen) atoms. The zero-order valence-electron chi connectivity index (χ0n) is 9.73. The van der Waals surface area contributed by atoms with Crippen molar-refractivity contribution < 1.29 is 8.42 Å². The lowest BCUT2D eigenvalue weighted by molar-refractivity contribution is 0.583. The fourth-order valence-electron chi connectivity index (χ4n) is 1.41. The quantitative estimate of drug-likeness (QED) is 0.941. The Hall–Kier alpha value is -0.470. The third-order valence-electron chi connectivity index (χ3n) is 2.36. The minimum absolute atomic E-state index is 0.182. The highest BCUT2D eigenvalue weighted by Crippen LogP contribution is 2.27. The molecular formula is C10H11ClN2O2S3. The molecule has 0 aliphatic rings. The highest BCUT2D eigenvalue weighted by molar-refractivity contribution is 7.91. The largest absolute Gasteiger partial charge is 0.252 e. The molecule has 0 saturated carbocycles. The van der Waals surface area contributed by atoms with E-state index in [0.717, 1.165) is 21.8 Å². The maximum Gasteiger partial charge on any atom is 0.252 e. The summed E-state index contributed by atoms with van der Waals surface area (Å²) >= 11 is 8.21. The third kappa shape index (κ3) is 2.92. The molecule has 8 heteroatoms. The molecule has 2 rings (SSSR count). The molecule has 0 aromatic carbocycles. The number of nitrogens with one attached hydrogen (secondary N) is 1. The fraction of sp³-hybridized carbons (Fsp3) is 0.300. The van der Waals surface area contributed by atoms with Gasteiger partial charge in [-0.25, -0.2) is 18.1 Å². The summed E-state index contributed by atoms with van der Waals surface area (Å²) in [5.41, 5.74) is 1.52. The molecule has 0 bridgehead atoms. The van der Waals surface area contributed by atoms with Gasteiger partial charge in [0.2, 0.25) is 0 Å². The van der Waals surface area contributed by atoms with Crippen LogP contribution in [0.15, 0.2) is 15.7 Å². The Balaban J connectivity index is 2.18. The number of thiazole rings is 1. The van der Waals surface area contributed by atoms with Crippen molar-refractivity contribution in [1.82, 2.24) is 9.71 Å². The van der Waals surface area contributed by atoms with Crippen LogP contribution in [0.2, 0.25) is 4.47 Å². The SMILES string of the molecule is Cc1ccsc1CNS(=O)(=O)c1sc(Cl)nc1C. The minimum atomic E-state index is -3.53. The maximum absolute atomic E-state index is 12.1. The van der Waals surface area contributed by atoms with Crippen LogP contribution in [0.25, 0.3) is 0 Å². The van der Waals surface area contributed by atoms with Gasteiger partial charge in [0.25, 0.3) is 10.0 Å². The Morgan fingerprint density at radius 1 is 1.44 bits per heavy atom. The second kappa shape index (κ2) is 5.26. The molecule has 0 amide bonds. The first-order chi connectivity index (χ1) is 8.40. The van der Waals surface area contributed by atoms with Crippen LogP contribution in [-0.4, -0.2) is 13.4 Å². The van der Waals surface area contributed by atoms with E-state index in [9.17, 15) is 8.42 Å². The Morgan fingerprint density at radius 2 is 2.17 bits per heavy atom. The number of sulfonamides is 1. The maximum atomic E-state index is 12.1. The predicted octanol–water partition coefficient (Wildman–Crippen LogP) is 2.95. The molecule has 1 N–H and O–H groups in total. The van der Waals surface area contributed by atoms with Gasteiger partial charge in [-0.2, -0.15) is 0 Å². The van der Waals surface area contributed by atoms with Crippen molar-refractivity contribution in [2.45, 2.75) is 24.6 Å². The molecule has 2 aromatic rings. The molecule has 0 aliphatic heterocycles. The first-order valence-electron chi connectivity index (χ1n) is 5.05. The summed E-state index contributed by atoms with van der Waals surface area (Å²) in [7, 11) is -3.53. The normalized spacial score (nSPS) is 11.9. The van der Waals surface area contributed by atoms with Gasteiger partial charge >= 0.3 is 0 Å². The number of hydrogen-bond donors (Lipinski definition) is 1. The van der Waals surface area contributed by atoms with Gasteiger partial charge in [-0.3, -0.25) is 0 Å². The van der Waals surface area contributed by atoms with Gasteiger partial charge in [0.05, 0.1) is 5.69 Å². The van der Waals surface area contributed by atoms with Crippen molar-refractivity contribution in [3.8, 4) is 0 Å². The topological polar surface area (TPSA) is 59.1 Å². The third-order valence-corrected chi connectivity index (χ3v) is 6.66. The molecule has 0 atom stereocenters. The van der Waals surface area contributed by atoms with E-state index in [2.05, 4.69) is 9.71 Å². The van der Waals surface area contributed by atoms with Crippen LogP contribution < -0.4 is 4.72 Å². The molecule has 0 fully saturated rings. The summed E-state index contributed by atoms with van der Waals surface area (Å²) in [6.07, 6.45) is 0. The summed E-state index contributed by atoms with van der Waals surface area (Å²) < 4.78 is 27.1. The van der Waals surface area contributed by atoms with Crippen LogP contribution in [0, 0.1) is 13.8 Å². The average molecular weight is 323 g/mol.